The zero-order valence-corrected chi connectivity index (χ0v) is 16.9. The Morgan fingerprint density at radius 2 is 1.58 bits per heavy atom. The van der Waals surface area contributed by atoms with E-state index in [1.807, 2.05) is 0 Å². The smallest absolute Gasteiger partial charge is 0.289 e. The predicted molar refractivity (Wildman–Crippen MR) is 105 cm³/mol. The normalized spacial score (nSPS) is 15.3. The van der Waals surface area contributed by atoms with Gasteiger partial charge in [-0.2, -0.15) is 4.31 Å². The van der Waals surface area contributed by atoms with Crippen molar-refractivity contribution >= 4 is 15.9 Å². The molecule has 2 heterocycles. The highest BCUT2D eigenvalue weighted by molar-refractivity contribution is 7.89. The maximum Gasteiger partial charge on any atom is 0.289 e. The van der Waals surface area contributed by atoms with E-state index in [2.05, 4.69) is 0 Å². The molecular formula is C21H17F3N2O4S. The van der Waals surface area contributed by atoms with Crippen molar-refractivity contribution in [1.29, 1.82) is 0 Å². The minimum Gasteiger partial charge on any atom is -0.451 e. The van der Waals surface area contributed by atoms with Gasteiger partial charge in [0.05, 0.1) is 5.56 Å². The van der Waals surface area contributed by atoms with Gasteiger partial charge in [0.2, 0.25) is 10.0 Å². The maximum absolute atomic E-state index is 13.9. The summed E-state index contributed by atoms with van der Waals surface area (Å²) in [4.78, 5) is 13.5. The van der Waals surface area contributed by atoms with E-state index < -0.39 is 38.3 Å². The summed E-state index contributed by atoms with van der Waals surface area (Å²) >= 11 is 0. The van der Waals surface area contributed by atoms with Crippen molar-refractivity contribution in [2.75, 3.05) is 26.2 Å². The van der Waals surface area contributed by atoms with Gasteiger partial charge < -0.3 is 9.32 Å². The minimum absolute atomic E-state index is 0.000797. The Morgan fingerprint density at radius 1 is 0.871 bits per heavy atom. The third-order valence-corrected chi connectivity index (χ3v) is 6.93. The van der Waals surface area contributed by atoms with Crippen LogP contribution in [0.15, 0.2) is 63.9 Å². The second-order valence-corrected chi connectivity index (χ2v) is 8.82. The lowest BCUT2D eigenvalue weighted by atomic mass is 10.1. The molecular weight excluding hydrogens is 433 g/mol. The van der Waals surface area contributed by atoms with Crippen LogP contribution in [0.4, 0.5) is 13.2 Å². The molecule has 1 amide bonds. The molecule has 0 aliphatic carbocycles. The number of benzene rings is 2. The van der Waals surface area contributed by atoms with Crippen molar-refractivity contribution in [3.8, 4) is 11.3 Å². The maximum atomic E-state index is 13.9. The highest BCUT2D eigenvalue weighted by atomic mass is 32.2. The number of amides is 1. The molecule has 6 nitrogen and oxygen atoms in total. The number of rotatable bonds is 4. The Bertz CT molecular complexity index is 1230. The highest BCUT2D eigenvalue weighted by Crippen LogP contribution is 2.26. The molecule has 0 unspecified atom stereocenters. The van der Waals surface area contributed by atoms with E-state index in [9.17, 15) is 26.4 Å². The Morgan fingerprint density at radius 3 is 2.26 bits per heavy atom. The molecule has 31 heavy (non-hydrogen) atoms. The second-order valence-electron chi connectivity index (χ2n) is 6.91. The molecule has 1 aliphatic heterocycles. The molecule has 10 heteroatoms. The first-order valence-corrected chi connectivity index (χ1v) is 10.8. The number of furan rings is 1. The average molecular weight is 450 g/mol. The molecule has 2 aromatic carbocycles. The van der Waals surface area contributed by atoms with Gasteiger partial charge >= 0.3 is 0 Å². The summed E-state index contributed by atoms with van der Waals surface area (Å²) in [5.74, 6) is -2.79. The van der Waals surface area contributed by atoms with Crippen LogP contribution in [-0.4, -0.2) is 49.7 Å². The molecule has 1 saturated heterocycles. The Hall–Kier alpha value is -3.11. The van der Waals surface area contributed by atoms with Gasteiger partial charge in [-0.3, -0.25) is 4.79 Å². The summed E-state index contributed by atoms with van der Waals surface area (Å²) in [6.07, 6.45) is 0. The largest absolute Gasteiger partial charge is 0.451 e. The molecule has 0 bridgehead atoms. The van der Waals surface area contributed by atoms with E-state index in [1.165, 1.54) is 29.2 Å². The molecule has 162 valence electrons. The number of nitrogens with zero attached hydrogens (tertiary/aromatic N) is 2. The molecule has 0 N–H and O–H groups in total. The van der Waals surface area contributed by atoms with Crippen molar-refractivity contribution < 1.29 is 30.8 Å². The fraction of sp³-hybridized carbons (Fsp3) is 0.190. The van der Waals surface area contributed by atoms with Crippen LogP contribution < -0.4 is 0 Å². The number of sulfonamides is 1. The van der Waals surface area contributed by atoms with Crippen LogP contribution in [0, 0.1) is 17.5 Å². The summed E-state index contributed by atoms with van der Waals surface area (Å²) < 4.78 is 72.8. The summed E-state index contributed by atoms with van der Waals surface area (Å²) in [5.41, 5.74) is 0.221. The Balaban J connectivity index is 1.45. The minimum atomic E-state index is -4.17. The van der Waals surface area contributed by atoms with Crippen molar-refractivity contribution in [2.45, 2.75) is 4.90 Å². The molecule has 1 aliphatic rings. The molecule has 1 fully saturated rings. The predicted octanol–water partition coefficient (Wildman–Crippen LogP) is 3.51. The lowest BCUT2D eigenvalue weighted by Gasteiger charge is -2.33. The van der Waals surface area contributed by atoms with Gasteiger partial charge in [0.25, 0.3) is 5.91 Å². The molecule has 0 atom stereocenters. The van der Waals surface area contributed by atoms with Gasteiger partial charge in [0.1, 0.15) is 28.1 Å². The van der Waals surface area contributed by atoms with Crippen molar-refractivity contribution in [2.24, 2.45) is 0 Å². The number of hydrogen-bond donors (Lipinski definition) is 0. The van der Waals surface area contributed by atoms with Crippen LogP contribution in [0.1, 0.15) is 10.6 Å². The van der Waals surface area contributed by atoms with E-state index >= 15 is 0 Å². The lowest BCUT2D eigenvalue weighted by Crippen LogP contribution is -2.50. The zero-order chi connectivity index (χ0) is 22.2. The van der Waals surface area contributed by atoms with Crippen LogP contribution in [-0.2, 0) is 10.0 Å². The van der Waals surface area contributed by atoms with Crippen LogP contribution in [0.2, 0.25) is 0 Å². The lowest BCUT2D eigenvalue weighted by molar-refractivity contribution is 0.0666. The molecule has 4 rings (SSSR count). The highest BCUT2D eigenvalue weighted by Gasteiger charge is 2.33. The first-order chi connectivity index (χ1) is 14.8. The van der Waals surface area contributed by atoms with Gasteiger partial charge in [-0.1, -0.05) is 12.1 Å². The van der Waals surface area contributed by atoms with Crippen molar-refractivity contribution in [1.82, 2.24) is 9.21 Å². The van der Waals surface area contributed by atoms with Gasteiger partial charge in [-0.15, -0.1) is 0 Å². The quantitative estimate of drug-likeness (QED) is 0.610. The number of halogens is 3. The van der Waals surface area contributed by atoms with Crippen LogP contribution >= 0.6 is 0 Å². The molecule has 0 saturated carbocycles. The standard InChI is InChI=1S/C21H17F3N2O4S/c22-14-5-8-20(17(24)13-14)31(28,29)26-11-9-25(10-12-26)21(27)19-7-6-18(30-19)15-3-1-2-4-16(15)23/h1-8,13H,9-12H2. The van der Waals surface area contributed by atoms with E-state index in [0.29, 0.717) is 6.07 Å². The van der Waals surface area contributed by atoms with Gasteiger partial charge in [0, 0.05) is 32.2 Å². The van der Waals surface area contributed by atoms with E-state index in [1.54, 1.807) is 12.1 Å². The molecule has 0 radical (unpaired) electrons. The van der Waals surface area contributed by atoms with E-state index in [0.717, 1.165) is 16.4 Å². The first kappa shape index (κ1) is 21.1. The van der Waals surface area contributed by atoms with Crippen LogP contribution in [0.3, 0.4) is 0 Å². The van der Waals surface area contributed by atoms with Gasteiger partial charge in [-0.25, -0.2) is 21.6 Å². The second kappa shape index (κ2) is 8.20. The third-order valence-electron chi connectivity index (χ3n) is 4.99. The number of piperazine rings is 1. The summed E-state index contributed by atoms with van der Waals surface area (Å²) in [7, 11) is -4.17. The number of hydrogen-bond acceptors (Lipinski definition) is 4. The number of carbonyl (C=O) groups excluding carboxylic acids is 1. The summed E-state index contributed by atoms with van der Waals surface area (Å²) in [6, 6.07) is 11.2. The van der Waals surface area contributed by atoms with Gasteiger partial charge in [0.15, 0.2) is 5.76 Å². The van der Waals surface area contributed by atoms with Crippen LogP contribution in [0.25, 0.3) is 11.3 Å². The molecule has 1 aromatic heterocycles. The topological polar surface area (TPSA) is 70.8 Å². The monoisotopic (exact) mass is 450 g/mol. The fourth-order valence-electron chi connectivity index (χ4n) is 3.37. The van der Waals surface area contributed by atoms with Crippen LogP contribution in [0.5, 0.6) is 0 Å². The van der Waals surface area contributed by atoms with Crippen molar-refractivity contribution in [3.05, 3.63) is 77.8 Å². The SMILES string of the molecule is O=C(c1ccc(-c2ccccc2F)o1)N1CCN(S(=O)(=O)c2ccc(F)cc2F)CC1. The zero-order valence-electron chi connectivity index (χ0n) is 16.1. The fourth-order valence-corrected chi connectivity index (χ4v) is 4.84. The summed E-state index contributed by atoms with van der Waals surface area (Å²) in [5, 5.41) is 0. The Labute approximate surface area is 176 Å². The average Bonchev–Trinajstić information content (AvgIpc) is 3.23. The first-order valence-electron chi connectivity index (χ1n) is 9.36. The van der Waals surface area contributed by atoms with E-state index in [-0.39, 0.29) is 43.3 Å². The molecule has 0 spiro atoms. The third kappa shape index (κ3) is 4.08. The Kier molecular flexibility index (Phi) is 5.59. The van der Waals surface area contributed by atoms with Crippen molar-refractivity contribution in [3.63, 3.8) is 0 Å². The number of carbonyl (C=O) groups is 1. The summed E-state index contributed by atoms with van der Waals surface area (Å²) in [6.45, 7) is -0.0231. The molecule has 3 aromatic rings. The van der Waals surface area contributed by atoms with E-state index in [4.69, 9.17) is 4.42 Å². The van der Waals surface area contributed by atoms with Gasteiger partial charge in [-0.05, 0) is 36.4 Å².